The van der Waals surface area contributed by atoms with E-state index in [1.165, 1.54) is 28.6 Å². The molecule has 0 saturated carbocycles. The van der Waals surface area contributed by atoms with Crippen molar-refractivity contribution in [2.45, 2.75) is 36.9 Å². The highest BCUT2D eigenvalue weighted by molar-refractivity contribution is 7.89. The molecule has 1 aliphatic heterocycles. The highest BCUT2D eigenvalue weighted by atomic mass is 35.5. The third kappa shape index (κ3) is 4.33. The molecule has 7 nitrogen and oxygen atoms in total. The summed E-state index contributed by atoms with van der Waals surface area (Å²) in [6, 6.07) is 7.94. The van der Waals surface area contributed by atoms with Crippen molar-refractivity contribution in [2.24, 2.45) is 0 Å². The minimum absolute atomic E-state index is 0.0225. The molecule has 1 saturated heterocycles. The Kier molecular flexibility index (Phi) is 5.77. The van der Waals surface area contributed by atoms with Crippen LogP contribution < -0.4 is 5.32 Å². The lowest BCUT2D eigenvalue weighted by atomic mass is 10.1. The minimum atomic E-state index is -3.95. The second-order valence-corrected chi connectivity index (χ2v) is 9.36. The fraction of sp³-hybridized carbons (Fsp3) is 0.300. The van der Waals surface area contributed by atoms with E-state index in [0.29, 0.717) is 35.5 Å². The molecule has 10 heteroatoms. The molecule has 1 N–H and O–H groups in total. The second-order valence-electron chi connectivity index (χ2n) is 7.11. The SMILES string of the molecule is O=C(CC1CCCN1S(=O)(=O)c1cc2cc(F)ccc2o1)NCc1cc(Cl)ccn1. The van der Waals surface area contributed by atoms with Crippen molar-refractivity contribution in [1.29, 1.82) is 0 Å². The number of nitrogens with zero attached hydrogens (tertiary/aromatic N) is 2. The number of hydrogen-bond donors (Lipinski definition) is 1. The molecule has 1 amide bonds. The molecular weight excluding hydrogens is 433 g/mol. The molecule has 0 radical (unpaired) electrons. The fourth-order valence-electron chi connectivity index (χ4n) is 3.58. The Balaban J connectivity index is 1.45. The van der Waals surface area contributed by atoms with Crippen LogP contribution >= 0.6 is 11.6 Å². The van der Waals surface area contributed by atoms with E-state index in [1.807, 2.05) is 0 Å². The number of carbonyl (C=O) groups excluding carboxylic acids is 1. The van der Waals surface area contributed by atoms with Gasteiger partial charge in [0.25, 0.3) is 10.0 Å². The molecule has 2 aromatic heterocycles. The average molecular weight is 452 g/mol. The number of pyridine rings is 1. The van der Waals surface area contributed by atoms with E-state index < -0.39 is 21.9 Å². The molecule has 4 rings (SSSR count). The summed E-state index contributed by atoms with van der Waals surface area (Å²) in [5.41, 5.74) is 0.902. The Bertz CT molecular complexity index is 1200. The van der Waals surface area contributed by atoms with Crippen molar-refractivity contribution in [3.63, 3.8) is 0 Å². The summed E-state index contributed by atoms with van der Waals surface area (Å²) < 4.78 is 46.3. The van der Waals surface area contributed by atoms with Crippen molar-refractivity contribution in [3.05, 3.63) is 59.1 Å². The van der Waals surface area contributed by atoms with Crippen LogP contribution in [0.4, 0.5) is 4.39 Å². The van der Waals surface area contributed by atoms with Gasteiger partial charge in [0.15, 0.2) is 0 Å². The van der Waals surface area contributed by atoms with Crippen LogP contribution in [0.3, 0.4) is 0 Å². The van der Waals surface area contributed by atoms with E-state index in [-0.39, 0.29) is 29.5 Å². The standard InChI is InChI=1S/C20H19ClFN3O4S/c21-14-5-6-23-16(10-14)12-24-19(26)11-17-2-1-7-25(17)30(27,28)20-9-13-8-15(22)3-4-18(13)29-20/h3-6,8-10,17H,1-2,7,11-12H2,(H,24,26). The fourth-order valence-corrected chi connectivity index (χ4v) is 5.41. The van der Waals surface area contributed by atoms with Gasteiger partial charge >= 0.3 is 0 Å². The molecule has 3 heterocycles. The van der Waals surface area contributed by atoms with Crippen LogP contribution in [0.15, 0.2) is 52.1 Å². The molecule has 158 valence electrons. The monoisotopic (exact) mass is 451 g/mol. The molecule has 0 aliphatic carbocycles. The first-order valence-electron chi connectivity index (χ1n) is 9.41. The molecule has 1 unspecified atom stereocenters. The molecule has 1 atom stereocenters. The van der Waals surface area contributed by atoms with Gasteiger partial charge in [0.05, 0.1) is 12.2 Å². The zero-order chi connectivity index (χ0) is 21.3. The summed E-state index contributed by atoms with van der Waals surface area (Å²) in [4.78, 5) is 16.5. The number of amides is 1. The molecule has 0 bridgehead atoms. The van der Waals surface area contributed by atoms with E-state index in [0.717, 1.165) is 0 Å². The van der Waals surface area contributed by atoms with Crippen molar-refractivity contribution in [1.82, 2.24) is 14.6 Å². The van der Waals surface area contributed by atoms with Gasteiger partial charge in [-0.05, 0) is 43.2 Å². The van der Waals surface area contributed by atoms with Crippen LogP contribution in [-0.4, -0.2) is 36.2 Å². The van der Waals surface area contributed by atoms with Crippen LogP contribution in [0.5, 0.6) is 0 Å². The van der Waals surface area contributed by atoms with Gasteiger partial charge in [-0.25, -0.2) is 12.8 Å². The third-order valence-electron chi connectivity index (χ3n) is 5.01. The number of aromatic nitrogens is 1. The van der Waals surface area contributed by atoms with Crippen molar-refractivity contribution < 1.29 is 22.0 Å². The van der Waals surface area contributed by atoms with Gasteiger partial charge in [0, 0.05) is 41.7 Å². The molecule has 1 fully saturated rings. The van der Waals surface area contributed by atoms with Crippen LogP contribution in [0.1, 0.15) is 25.0 Å². The molecule has 1 aliphatic rings. The van der Waals surface area contributed by atoms with Gasteiger partial charge in [0.1, 0.15) is 11.4 Å². The smallest absolute Gasteiger partial charge is 0.276 e. The predicted octanol–water partition coefficient (Wildman–Crippen LogP) is 3.48. The van der Waals surface area contributed by atoms with Gasteiger partial charge in [-0.15, -0.1) is 0 Å². The summed E-state index contributed by atoms with van der Waals surface area (Å²) in [7, 11) is -3.95. The number of carbonyl (C=O) groups is 1. The van der Waals surface area contributed by atoms with E-state index in [9.17, 15) is 17.6 Å². The Morgan fingerprint density at radius 3 is 2.93 bits per heavy atom. The van der Waals surface area contributed by atoms with E-state index in [1.54, 1.807) is 18.3 Å². The van der Waals surface area contributed by atoms with Crippen LogP contribution in [0, 0.1) is 5.82 Å². The number of sulfonamides is 1. The van der Waals surface area contributed by atoms with Crippen LogP contribution in [-0.2, 0) is 21.4 Å². The quantitative estimate of drug-likeness (QED) is 0.619. The molecule has 30 heavy (non-hydrogen) atoms. The Labute approximate surface area is 177 Å². The topological polar surface area (TPSA) is 92.5 Å². The van der Waals surface area contributed by atoms with Gasteiger partial charge in [-0.1, -0.05) is 11.6 Å². The van der Waals surface area contributed by atoms with Gasteiger partial charge in [-0.3, -0.25) is 9.78 Å². The zero-order valence-electron chi connectivity index (χ0n) is 15.8. The second kappa shape index (κ2) is 8.33. The maximum atomic E-state index is 13.4. The Morgan fingerprint density at radius 1 is 1.30 bits per heavy atom. The number of halogens is 2. The molecule has 1 aromatic carbocycles. The number of hydrogen-bond acceptors (Lipinski definition) is 5. The van der Waals surface area contributed by atoms with E-state index in [2.05, 4.69) is 10.3 Å². The summed E-state index contributed by atoms with van der Waals surface area (Å²) in [5, 5.41) is 3.39. The zero-order valence-corrected chi connectivity index (χ0v) is 17.4. The maximum Gasteiger partial charge on any atom is 0.276 e. The Morgan fingerprint density at radius 2 is 2.13 bits per heavy atom. The predicted molar refractivity (Wildman–Crippen MR) is 109 cm³/mol. The van der Waals surface area contributed by atoms with Gasteiger partial charge in [0.2, 0.25) is 11.0 Å². The third-order valence-corrected chi connectivity index (χ3v) is 7.05. The first kappa shape index (κ1) is 20.8. The first-order valence-corrected chi connectivity index (χ1v) is 11.2. The number of rotatable bonds is 6. The van der Waals surface area contributed by atoms with Gasteiger partial charge in [-0.2, -0.15) is 4.31 Å². The summed E-state index contributed by atoms with van der Waals surface area (Å²) in [5.74, 6) is -0.757. The minimum Gasteiger partial charge on any atom is -0.443 e. The van der Waals surface area contributed by atoms with Crippen molar-refractivity contribution >= 4 is 38.5 Å². The normalized spacial score (nSPS) is 17.5. The first-order chi connectivity index (χ1) is 14.3. The number of benzene rings is 1. The molecular formula is C20H19ClFN3O4S. The highest BCUT2D eigenvalue weighted by Gasteiger charge is 2.38. The molecule has 3 aromatic rings. The summed E-state index contributed by atoms with van der Waals surface area (Å²) in [6.07, 6.45) is 2.78. The lowest BCUT2D eigenvalue weighted by molar-refractivity contribution is -0.122. The van der Waals surface area contributed by atoms with E-state index >= 15 is 0 Å². The lowest BCUT2D eigenvalue weighted by Gasteiger charge is -2.22. The van der Waals surface area contributed by atoms with Crippen LogP contribution in [0.25, 0.3) is 11.0 Å². The lowest BCUT2D eigenvalue weighted by Crippen LogP contribution is -2.38. The number of fused-ring (bicyclic) bond motifs is 1. The van der Waals surface area contributed by atoms with E-state index in [4.69, 9.17) is 16.0 Å². The molecule has 0 spiro atoms. The average Bonchev–Trinajstić information content (AvgIpc) is 3.33. The van der Waals surface area contributed by atoms with Crippen LogP contribution in [0.2, 0.25) is 5.02 Å². The number of nitrogens with one attached hydrogen (secondary N) is 1. The van der Waals surface area contributed by atoms with Crippen molar-refractivity contribution in [3.8, 4) is 0 Å². The summed E-state index contributed by atoms with van der Waals surface area (Å²) >= 11 is 5.91. The van der Waals surface area contributed by atoms with Crippen molar-refractivity contribution in [2.75, 3.05) is 6.54 Å². The Hall–Kier alpha value is -2.49. The van der Waals surface area contributed by atoms with Gasteiger partial charge < -0.3 is 9.73 Å². The largest absolute Gasteiger partial charge is 0.443 e. The maximum absolute atomic E-state index is 13.4. The summed E-state index contributed by atoms with van der Waals surface area (Å²) in [6.45, 7) is 0.496. The highest BCUT2D eigenvalue weighted by Crippen LogP contribution is 2.31. The number of furan rings is 1.